The highest BCUT2D eigenvalue weighted by Crippen LogP contribution is 2.02. The summed E-state index contributed by atoms with van der Waals surface area (Å²) in [6.45, 7) is 7.17. The van der Waals surface area contributed by atoms with E-state index in [0.717, 1.165) is 26.2 Å². The van der Waals surface area contributed by atoms with Crippen molar-refractivity contribution in [1.29, 1.82) is 0 Å². The van der Waals surface area contributed by atoms with E-state index in [9.17, 15) is 0 Å². The van der Waals surface area contributed by atoms with Crippen LogP contribution in [0.1, 0.15) is 38.7 Å². The quantitative estimate of drug-likeness (QED) is 0.642. The molecule has 2 nitrogen and oxygen atoms in total. The van der Waals surface area contributed by atoms with Crippen molar-refractivity contribution in [2.45, 2.75) is 45.6 Å². The average molecular weight is 249 g/mol. The van der Waals surface area contributed by atoms with Crippen molar-refractivity contribution < 1.29 is 4.74 Å². The van der Waals surface area contributed by atoms with Crippen molar-refractivity contribution in [3.63, 3.8) is 0 Å². The van der Waals surface area contributed by atoms with Crippen molar-refractivity contribution in [3.05, 3.63) is 35.9 Å². The minimum absolute atomic E-state index is 0.519. The zero-order chi connectivity index (χ0) is 13.1. The van der Waals surface area contributed by atoms with Crippen LogP contribution < -0.4 is 5.32 Å². The molecular weight excluding hydrogens is 222 g/mol. The Labute approximate surface area is 112 Å². The van der Waals surface area contributed by atoms with Gasteiger partial charge in [-0.15, -0.1) is 0 Å². The van der Waals surface area contributed by atoms with Crippen LogP contribution in [0.4, 0.5) is 0 Å². The first-order valence-electron chi connectivity index (χ1n) is 7.21. The standard InChI is InChI=1S/C16H27NO/c1-3-8-16(17-12-4-2)14-18-13-11-15-9-6-5-7-10-15/h5-7,9-10,16-17H,3-4,8,11-14H2,1-2H3. The summed E-state index contributed by atoms with van der Waals surface area (Å²) in [5.41, 5.74) is 1.35. The number of nitrogens with one attached hydrogen (secondary N) is 1. The first-order chi connectivity index (χ1) is 8.86. The minimum Gasteiger partial charge on any atom is -0.379 e. The van der Waals surface area contributed by atoms with Crippen LogP contribution in [0.5, 0.6) is 0 Å². The van der Waals surface area contributed by atoms with Crippen molar-refractivity contribution in [2.24, 2.45) is 0 Å². The first-order valence-corrected chi connectivity index (χ1v) is 7.21. The predicted molar refractivity (Wildman–Crippen MR) is 78.0 cm³/mol. The van der Waals surface area contributed by atoms with Crippen LogP contribution >= 0.6 is 0 Å². The van der Waals surface area contributed by atoms with E-state index >= 15 is 0 Å². The largest absolute Gasteiger partial charge is 0.379 e. The molecule has 1 rings (SSSR count). The molecule has 1 atom stereocenters. The second kappa shape index (κ2) is 10.1. The van der Waals surface area contributed by atoms with Gasteiger partial charge in [-0.05, 0) is 31.4 Å². The second-order valence-electron chi connectivity index (χ2n) is 4.75. The average Bonchev–Trinajstić information content (AvgIpc) is 2.42. The van der Waals surface area contributed by atoms with Gasteiger partial charge in [0.1, 0.15) is 0 Å². The highest BCUT2D eigenvalue weighted by Gasteiger charge is 2.06. The van der Waals surface area contributed by atoms with Crippen LogP contribution in [0, 0.1) is 0 Å². The van der Waals surface area contributed by atoms with E-state index in [2.05, 4.69) is 49.5 Å². The van der Waals surface area contributed by atoms with Crippen LogP contribution in [0.2, 0.25) is 0 Å². The van der Waals surface area contributed by atoms with Crippen molar-refractivity contribution in [3.8, 4) is 0 Å². The van der Waals surface area contributed by atoms with Gasteiger partial charge in [0.2, 0.25) is 0 Å². The first kappa shape index (κ1) is 15.2. The van der Waals surface area contributed by atoms with E-state index in [4.69, 9.17) is 4.74 Å². The Bertz CT molecular complexity index is 286. The van der Waals surface area contributed by atoms with Crippen molar-refractivity contribution in [2.75, 3.05) is 19.8 Å². The van der Waals surface area contributed by atoms with E-state index in [0.29, 0.717) is 6.04 Å². The normalized spacial score (nSPS) is 12.6. The lowest BCUT2D eigenvalue weighted by Gasteiger charge is -2.17. The fourth-order valence-electron chi connectivity index (χ4n) is 2.00. The molecule has 0 saturated heterocycles. The summed E-state index contributed by atoms with van der Waals surface area (Å²) in [5, 5.41) is 3.54. The van der Waals surface area contributed by atoms with E-state index in [1.807, 2.05) is 0 Å². The summed E-state index contributed by atoms with van der Waals surface area (Å²) in [6.07, 6.45) is 4.60. The molecule has 1 unspecified atom stereocenters. The maximum absolute atomic E-state index is 5.79. The van der Waals surface area contributed by atoms with E-state index in [1.165, 1.54) is 24.8 Å². The van der Waals surface area contributed by atoms with Crippen LogP contribution in [0.15, 0.2) is 30.3 Å². The summed E-state index contributed by atoms with van der Waals surface area (Å²) in [5.74, 6) is 0. The second-order valence-corrected chi connectivity index (χ2v) is 4.75. The SMILES string of the molecule is CCCNC(CCC)COCCc1ccccc1. The van der Waals surface area contributed by atoms with Gasteiger partial charge in [-0.2, -0.15) is 0 Å². The molecule has 0 amide bonds. The molecule has 0 fully saturated rings. The monoisotopic (exact) mass is 249 g/mol. The molecule has 0 aliphatic rings. The van der Waals surface area contributed by atoms with Gasteiger partial charge in [0, 0.05) is 6.04 Å². The molecule has 0 aliphatic carbocycles. The van der Waals surface area contributed by atoms with E-state index in [1.54, 1.807) is 0 Å². The van der Waals surface area contributed by atoms with Gasteiger partial charge in [0.25, 0.3) is 0 Å². The summed E-state index contributed by atoms with van der Waals surface area (Å²) < 4.78 is 5.79. The molecule has 2 heteroatoms. The predicted octanol–water partition coefficient (Wildman–Crippen LogP) is 3.41. The number of benzene rings is 1. The van der Waals surface area contributed by atoms with Gasteiger partial charge in [0.15, 0.2) is 0 Å². The Balaban J connectivity index is 2.14. The highest BCUT2D eigenvalue weighted by molar-refractivity contribution is 5.14. The van der Waals surface area contributed by atoms with Crippen molar-refractivity contribution >= 4 is 0 Å². The number of rotatable bonds is 10. The molecule has 0 bridgehead atoms. The fraction of sp³-hybridized carbons (Fsp3) is 0.625. The Hall–Kier alpha value is -0.860. The Morgan fingerprint density at radius 3 is 2.56 bits per heavy atom. The third-order valence-electron chi connectivity index (χ3n) is 3.02. The van der Waals surface area contributed by atoms with Crippen LogP contribution in [-0.4, -0.2) is 25.8 Å². The Morgan fingerprint density at radius 1 is 1.11 bits per heavy atom. The molecule has 1 N–H and O–H groups in total. The topological polar surface area (TPSA) is 21.3 Å². The molecule has 0 radical (unpaired) electrons. The van der Waals surface area contributed by atoms with Crippen LogP contribution in [-0.2, 0) is 11.2 Å². The minimum atomic E-state index is 0.519. The lowest BCUT2D eigenvalue weighted by molar-refractivity contribution is 0.111. The third-order valence-corrected chi connectivity index (χ3v) is 3.02. The smallest absolute Gasteiger partial charge is 0.0619 e. The lowest BCUT2D eigenvalue weighted by Crippen LogP contribution is -2.34. The van der Waals surface area contributed by atoms with Gasteiger partial charge >= 0.3 is 0 Å². The molecule has 0 saturated carbocycles. The molecule has 1 aromatic carbocycles. The van der Waals surface area contributed by atoms with Crippen LogP contribution in [0.3, 0.4) is 0 Å². The third kappa shape index (κ3) is 6.77. The zero-order valence-corrected chi connectivity index (χ0v) is 11.8. The van der Waals surface area contributed by atoms with Gasteiger partial charge in [-0.3, -0.25) is 0 Å². The molecular formula is C16H27NO. The van der Waals surface area contributed by atoms with Gasteiger partial charge in [-0.25, -0.2) is 0 Å². The molecule has 18 heavy (non-hydrogen) atoms. The molecule has 0 aromatic heterocycles. The van der Waals surface area contributed by atoms with Gasteiger partial charge in [-0.1, -0.05) is 50.6 Å². The summed E-state index contributed by atoms with van der Waals surface area (Å²) in [4.78, 5) is 0. The highest BCUT2D eigenvalue weighted by atomic mass is 16.5. The number of hydrogen-bond acceptors (Lipinski definition) is 2. The van der Waals surface area contributed by atoms with Gasteiger partial charge in [0.05, 0.1) is 13.2 Å². The maximum atomic E-state index is 5.79. The Morgan fingerprint density at radius 2 is 1.89 bits per heavy atom. The molecule has 0 heterocycles. The Kier molecular flexibility index (Phi) is 8.53. The van der Waals surface area contributed by atoms with Gasteiger partial charge < -0.3 is 10.1 Å². The zero-order valence-electron chi connectivity index (χ0n) is 11.8. The maximum Gasteiger partial charge on any atom is 0.0619 e. The number of ether oxygens (including phenoxy) is 1. The summed E-state index contributed by atoms with van der Waals surface area (Å²) in [6, 6.07) is 11.0. The number of hydrogen-bond donors (Lipinski definition) is 1. The molecule has 1 aromatic rings. The molecule has 0 aliphatic heterocycles. The van der Waals surface area contributed by atoms with E-state index < -0.39 is 0 Å². The fourth-order valence-corrected chi connectivity index (χ4v) is 2.00. The molecule has 0 spiro atoms. The molecule has 102 valence electrons. The van der Waals surface area contributed by atoms with Crippen LogP contribution in [0.25, 0.3) is 0 Å². The van der Waals surface area contributed by atoms with Crippen molar-refractivity contribution in [1.82, 2.24) is 5.32 Å². The summed E-state index contributed by atoms with van der Waals surface area (Å²) in [7, 11) is 0. The van der Waals surface area contributed by atoms with E-state index in [-0.39, 0.29) is 0 Å². The summed E-state index contributed by atoms with van der Waals surface area (Å²) >= 11 is 0. The lowest BCUT2D eigenvalue weighted by atomic mass is 10.1.